The Balaban J connectivity index is 1.29. The van der Waals surface area contributed by atoms with Crippen LogP contribution in [0.5, 0.6) is 5.75 Å². The Morgan fingerprint density at radius 2 is 1.70 bits per heavy atom. The fourth-order valence-corrected chi connectivity index (χ4v) is 5.01. The van der Waals surface area contributed by atoms with Crippen LogP contribution >= 0.6 is 0 Å². The Bertz CT molecular complexity index is 750. The third kappa shape index (κ3) is 4.64. The number of para-hydroxylation sites is 2. The maximum absolute atomic E-state index is 13.0. The van der Waals surface area contributed by atoms with Gasteiger partial charge in [0.1, 0.15) is 5.75 Å². The molecule has 0 N–H and O–H groups in total. The molecule has 2 heterocycles. The van der Waals surface area contributed by atoms with Crippen LogP contribution < -0.4 is 9.64 Å². The van der Waals surface area contributed by atoms with Crippen molar-refractivity contribution in [3.63, 3.8) is 0 Å². The van der Waals surface area contributed by atoms with E-state index in [1.165, 1.54) is 0 Å². The number of rotatable bonds is 5. The molecule has 6 nitrogen and oxygen atoms in total. The number of piperazine rings is 1. The number of benzene rings is 1. The van der Waals surface area contributed by atoms with Crippen LogP contribution in [-0.4, -0.2) is 66.5 Å². The largest absolute Gasteiger partial charge is 0.488 e. The molecule has 1 aromatic carbocycles. The van der Waals surface area contributed by atoms with Crippen LogP contribution in [0.2, 0.25) is 0 Å². The topological polar surface area (TPSA) is 53.1 Å². The predicted octanol–water partition coefficient (Wildman–Crippen LogP) is 3.30. The summed E-state index contributed by atoms with van der Waals surface area (Å²) in [5, 5.41) is 0. The summed E-state index contributed by atoms with van der Waals surface area (Å²) >= 11 is 0. The van der Waals surface area contributed by atoms with E-state index in [2.05, 4.69) is 23.6 Å². The highest BCUT2D eigenvalue weighted by Crippen LogP contribution is 2.35. The molecule has 164 valence electrons. The number of carbonyl (C=O) groups excluding carboxylic acids is 2. The summed E-state index contributed by atoms with van der Waals surface area (Å²) in [6.07, 6.45) is 5.21. The third-order valence-electron chi connectivity index (χ3n) is 6.90. The van der Waals surface area contributed by atoms with Gasteiger partial charge in [-0.3, -0.25) is 14.5 Å². The lowest BCUT2D eigenvalue weighted by Gasteiger charge is -2.39. The number of hydrogen-bond donors (Lipinski definition) is 0. The molecular weight excluding hydrogens is 378 g/mol. The van der Waals surface area contributed by atoms with E-state index in [-0.39, 0.29) is 17.9 Å². The van der Waals surface area contributed by atoms with Crippen molar-refractivity contribution in [2.45, 2.75) is 64.5 Å². The molecule has 3 fully saturated rings. The van der Waals surface area contributed by atoms with E-state index in [1.807, 2.05) is 29.2 Å². The highest BCUT2D eigenvalue weighted by Gasteiger charge is 2.33. The molecule has 1 aromatic rings. The Morgan fingerprint density at radius 3 is 2.33 bits per heavy atom. The molecule has 6 heteroatoms. The fourth-order valence-electron chi connectivity index (χ4n) is 5.01. The molecule has 4 rings (SSSR count). The second-order valence-electron chi connectivity index (χ2n) is 9.16. The molecule has 2 saturated heterocycles. The summed E-state index contributed by atoms with van der Waals surface area (Å²) in [4.78, 5) is 31.5. The van der Waals surface area contributed by atoms with Crippen LogP contribution in [0.1, 0.15) is 52.4 Å². The maximum Gasteiger partial charge on any atom is 0.227 e. The van der Waals surface area contributed by atoms with E-state index in [9.17, 15) is 9.59 Å². The van der Waals surface area contributed by atoms with Crippen LogP contribution in [0, 0.1) is 5.92 Å². The fraction of sp³-hybridized carbons (Fsp3) is 0.667. The van der Waals surface area contributed by atoms with Gasteiger partial charge in [-0.05, 0) is 58.1 Å². The third-order valence-corrected chi connectivity index (χ3v) is 6.90. The summed E-state index contributed by atoms with van der Waals surface area (Å²) in [6.45, 7) is 8.87. The monoisotopic (exact) mass is 413 g/mol. The minimum absolute atomic E-state index is 0.116. The highest BCUT2D eigenvalue weighted by atomic mass is 16.5. The second kappa shape index (κ2) is 9.38. The van der Waals surface area contributed by atoms with Crippen molar-refractivity contribution >= 4 is 17.5 Å². The number of carbonyl (C=O) groups is 2. The summed E-state index contributed by atoms with van der Waals surface area (Å²) in [5.74, 6) is 1.44. The van der Waals surface area contributed by atoms with Gasteiger partial charge in [0.2, 0.25) is 11.8 Å². The molecule has 3 aliphatic rings. The zero-order valence-electron chi connectivity index (χ0n) is 18.4. The molecule has 1 saturated carbocycles. The zero-order valence-corrected chi connectivity index (χ0v) is 18.4. The minimum Gasteiger partial charge on any atom is -0.488 e. The van der Waals surface area contributed by atoms with E-state index in [1.54, 1.807) is 0 Å². The Kier molecular flexibility index (Phi) is 6.61. The van der Waals surface area contributed by atoms with Gasteiger partial charge in [-0.25, -0.2) is 0 Å². The van der Waals surface area contributed by atoms with Gasteiger partial charge in [0.15, 0.2) is 0 Å². The summed E-state index contributed by atoms with van der Waals surface area (Å²) in [6, 6.07) is 8.42. The number of ether oxygens (including phenoxy) is 1. The molecular formula is C24H35N3O3. The van der Waals surface area contributed by atoms with Crippen molar-refractivity contribution in [2.75, 3.05) is 37.6 Å². The molecule has 0 atom stereocenters. The summed E-state index contributed by atoms with van der Waals surface area (Å²) in [7, 11) is 0. The van der Waals surface area contributed by atoms with E-state index in [4.69, 9.17) is 4.74 Å². The first-order valence-corrected chi connectivity index (χ1v) is 11.6. The molecule has 30 heavy (non-hydrogen) atoms. The molecule has 0 aromatic heterocycles. The maximum atomic E-state index is 13.0. The van der Waals surface area contributed by atoms with Crippen molar-refractivity contribution < 1.29 is 14.3 Å². The molecule has 0 spiro atoms. The van der Waals surface area contributed by atoms with Gasteiger partial charge < -0.3 is 14.5 Å². The SMILES string of the molecule is CC(C)N1CCN(C(=O)C2CCC(Oc3ccccc3N3CCCC3=O)CC2)CC1. The number of anilines is 1. The van der Waals surface area contributed by atoms with Gasteiger partial charge in [0.25, 0.3) is 0 Å². The molecule has 0 radical (unpaired) electrons. The quantitative estimate of drug-likeness (QED) is 0.743. The van der Waals surface area contributed by atoms with Crippen LogP contribution in [0.25, 0.3) is 0 Å². The van der Waals surface area contributed by atoms with Gasteiger partial charge in [-0.2, -0.15) is 0 Å². The first-order chi connectivity index (χ1) is 14.5. The number of amides is 2. The van der Waals surface area contributed by atoms with Gasteiger partial charge in [0.05, 0.1) is 11.8 Å². The molecule has 0 bridgehead atoms. The lowest BCUT2D eigenvalue weighted by Crippen LogP contribution is -2.52. The first-order valence-electron chi connectivity index (χ1n) is 11.6. The zero-order chi connectivity index (χ0) is 21.1. The molecule has 2 amide bonds. The van der Waals surface area contributed by atoms with Crippen LogP contribution in [0.3, 0.4) is 0 Å². The van der Waals surface area contributed by atoms with Crippen molar-refractivity contribution in [1.29, 1.82) is 0 Å². The highest BCUT2D eigenvalue weighted by molar-refractivity contribution is 5.96. The lowest BCUT2D eigenvalue weighted by molar-refractivity contribution is -0.139. The van der Waals surface area contributed by atoms with Gasteiger partial charge in [-0.1, -0.05) is 12.1 Å². The molecule has 2 aliphatic heterocycles. The summed E-state index contributed by atoms with van der Waals surface area (Å²) in [5.41, 5.74) is 0.890. The lowest BCUT2D eigenvalue weighted by atomic mass is 9.86. The number of hydrogen-bond acceptors (Lipinski definition) is 4. The number of nitrogens with zero attached hydrogens (tertiary/aromatic N) is 3. The van der Waals surface area contributed by atoms with Gasteiger partial charge in [-0.15, -0.1) is 0 Å². The normalized spacial score (nSPS) is 25.8. The molecule has 1 aliphatic carbocycles. The Morgan fingerprint density at radius 1 is 1.00 bits per heavy atom. The predicted molar refractivity (Wildman–Crippen MR) is 118 cm³/mol. The van der Waals surface area contributed by atoms with Crippen molar-refractivity contribution in [2.24, 2.45) is 5.92 Å². The average molecular weight is 414 g/mol. The smallest absolute Gasteiger partial charge is 0.227 e. The second-order valence-corrected chi connectivity index (χ2v) is 9.16. The van der Waals surface area contributed by atoms with E-state index in [0.717, 1.165) is 76.3 Å². The minimum atomic E-state index is 0.116. The summed E-state index contributed by atoms with van der Waals surface area (Å²) < 4.78 is 6.34. The molecule has 0 unspecified atom stereocenters. The Hall–Kier alpha value is -2.08. The van der Waals surface area contributed by atoms with Crippen LogP contribution in [0.15, 0.2) is 24.3 Å². The van der Waals surface area contributed by atoms with Crippen LogP contribution in [0.4, 0.5) is 5.69 Å². The van der Waals surface area contributed by atoms with E-state index < -0.39 is 0 Å². The van der Waals surface area contributed by atoms with Gasteiger partial charge >= 0.3 is 0 Å². The standard InChI is InChI=1S/C24H35N3O3/c1-18(2)25-14-16-26(17-15-25)24(29)19-9-11-20(12-10-19)30-22-7-4-3-6-21(22)27-13-5-8-23(27)28/h3-4,6-7,18-20H,5,8-17H2,1-2H3. The van der Waals surface area contributed by atoms with E-state index in [0.29, 0.717) is 18.4 Å². The van der Waals surface area contributed by atoms with Gasteiger partial charge in [0, 0.05) is 51.1 Å². The van der Waals surface area contributed by atoms with E-state index >= 15 is 0 Å². The average Bonchev–Trinajstić information content (AvgIpc) is 3.20. The van der Waals surface area contributed by atoms with Crippen molar-refractivity contribution in [1.82, 2.24) is 9.80 Å². The Labute approximate surface area is 180 Å². The first kappa shape index (κ1) is 21.2. The van der Waals surface area contributed by atoms with Crippen molar-refractivity contribution in [3.05, 3.63) is 24.3 Å². The van der Waals surface area contributed by atoms with Crippen LogP contribution in [-0.2, 0) is 9.59 Å². The van der Waals surface area contributed by atoms with Crippen molar-refractivity contribution in [3.8, 4) is 5.75 Å².